The van der Waals surface area contributed by atoms with Crippen molar-refractivity contribution in [2.45, 2.75) is 24.9 Å². The maximum absolute atomic E-state index is 14.0. The highest BCUT2D eigenvalue weighted by molar-refractivity contribution is 7.98. The first kappa shape index (κ1) is 23.7. The number of esters is 1. The average molecular weight is 497 g/mol. The number of thioether (sulfide) groups is 1. The van der Waals surface area contributed by atoms with Gasteiger partial charge in [-0.15, -0.1) is 0 Å². The Morgan fingerprint density at radius 2 is 1.89 bits per heavy atom. The molecule has 1 N–H and O–H groups in total. The third-order valence-corrected chi connectivity index (χ3v) is 7.82. The Balaban J connectivity index is 1.63. The topological polar surface area (TPSA) is 94.2 Å². The molecule has 2 aromatic carbocycles. The Hall–Kier alpha value is -3.04. The summed E-state index contributed by atoms with van der Waals surface area (Å²) in [7, 11) is 1.32. The van der Waals surface area contributed by atoms with Crippen LogP contribution in [0.15, 0.2) is 42.5 Å². The second-order valence-electron chi connectivity index (χ2n) is 9.03. The molecule has 9 heteroatoms. The lowest BCUT2D eigenvalue weighted by molar-refractivity contribution is -0.152. The van der Waals surface area contributed by atoms with E-state index in [0.717, 1.165) is 11.1 Å². The Labute approximate surface area is 208 Å². The number of methoxy groups -OCH3 is 1. The van der Waals surface area contributed by atoms with E-state index >= 15 is 0 Å². The molecule has 184 valence electrons. The fraction of sp³-hybridized carbons (Fsp3) is 0.423. The van der Waals surface area contributed by atoms with E-state index in [-0.39, 0.29) is 5.91 Å². The number of aryl methyl sites for hydroxylation is 1. The summed E-state index contributed by atoms with van der Waals surface area (Å²) >= 11 is 1.58. The van der Waals surface area contributed by atoms with Crippen LogP contribution in [0.4, 0.5) is 5.69 Å². The summed E-state index contributed by atoms with van der Waals surface area (Å²) in [6, 6.07) is 12.3. The number of carbonyl (C=O) groups is 3. The molecule has 4 atom stereocenters. The van der Waals surface area contributed by atoms with Gasteiger partial charge in [-0.3, -0.25) is 19.7 Å². The van der Waals surface area contributed by atoms with E-state index in [1.165, 1.54) is 12.0 Å². The number of carbonyl (C=O) groups excluding carboxylic acids is 3. The minimum absolute atomic E-state index is 0.340. The SMILES string of the molecule is COC(=O)[C@]1(CCSC)N[C@H](c2ccccc2C)[C@@H]2C(=O)N(c3ccc4c(c3)OCCO4)C(=O)[C@@H]21. The molecule has 2 saturated heterocycles. The van der Waals surface area contributed by atoms with E-state index in [1.54, 1.807) is 30.0 Å². The molecule has 5 rings (SSSR count). The van der Waals surface area contributed by atoms with E-state index < -0.39 is 35.3 Å². The summed E-state index contributed by atoms with van der Waals surface area (Å²) in [5, 5.41) is 3.43. The van der Waals surface area contributed by atoms with Crippen LogP contribution in [0, 0.1) is 18.8 Å². The summed E-state index contributed by atoms with van der Waals surface area (Å²) in [5.41, 5.74) is 0.964. The van der Waals surface area contributed by atoms with Gasteiger partial charge in [-0.25, -0.2) is 4.90 Å². The average Bonchev–Trinajstić information content (AvgIpc) is 3.36. The maximum Gasteiger partial charge on any atom is 0.326 e. The van der Waals surface area contributed by atoms with Crippen LogP contribution in [-0.4, -0.2) is 55.7 Å². The third kappa shape index (κ3) is 3.68. The molecule has 2 amide bonds. The van der Waals surface area contributed by atoms with Gasteiger partial charge in [0.15, 0.2) is 11.5 Å². The molecule has 35 heavy (non-hydrogen) atoms. The molecule has 0 spiro atoms. The normalized spacial score (nSPS) is 27.2. The van der Waals surface area contributed by atoms with Crippen molar-refractivity contribution in [3.63, 3.8) is 0 Å². The Bertz CT molecular complexity index is 1190. The van der Waals surface area contributed by atoms with Gasteiger partial charge in [0.2, 0.25) is 11.8 Å². The van der Waals surface area contributed by atoms with Crippen molar-refractivity contribution in [3.05, 3.63) is 53.6 Å². The fourth-order valence-corrected chi connectivity index (χ4v) is 6.12. The van der Waals surface area contributed by atoms with Crippen molar-refractivity contribution in [1.82, 2.24) is 5.32 Å². The van der Waals surface area contributed by atoms with Gasteiger partial charge >= 0.3 is 5.97 Å². The van der Waals surface area contributed by atoms with Crippen LogP contribution in [-0.2, 0) is 19.1 Å². The second kappa shape index (κ2) is 9.20. The number of anilines is 1. The summed E-state index contributed by atoms with van der Waals surface area (Å²) in [4.78, 5) is 42.5. The lowest BCUT2D eigenvalue weighted by Gasteiger charge is -2.32. The molecule has 2 fully saturated rings. The zero-order chi connectivity index (χ0) is 24.7. The maximum atomic E-state index is 14.0. The molecule has 0 unspecified atom stereocenters. The molecular weight excluding hydrogens is 468 g/mol. The largest absolute Gasteiger partial charge is 0.486 e. The van der Waals surface area contributed by atoms with Gasteiger partial charge in [-0.2, -0.15) is 11.8 Å². The van der Waals surface area contributed by atoms with Crippen molar-refractivity contribution >= 4 is 35.2 Å². The molecular formula is C26H28N2O6S. The number of hydrogen-bond acceptors (Lipinski definition) is 8. The van der Waals surface area contributed by atoms with E-state index in [1.807, 2.05) is 37.4 Å². The van der Waals surface area contributed by atoms with Gasteiger partial charge in [0.25, 0.3) is 0 Å². The van der Waals surface area contributed by atoms with Crippen molar-refractivity contribution in [3.8, 4) is 11.5 Å². The van der Waals surface area contributed by atoms with Gasteiger partial charge in [-0.1, -0.05) is 24.3 Å². The lowest BCUT2D eigenvalue weighted by Crippen LogP contribution is -2.56. The minimum atomic E-state index is -1.31. The van der Waals surface area contributed by atoms with Gasteiger partial charge in [0, 0.05) is 12.1 Å². The zero-order valence-electron chi connectivity index (χ0n) is 19.9. The fourth-order valence-electron chi connectivity index (χ4n) is 5.60. The van der Waals surface area contributed by atoms with Gasteiger partial charge in [-0.05, 0) is 48.6 Å². The first-order valence-electron chi connectivity index (χ1n) is 11.6. The van der Waals surface area contributed by atoms with Crippen LogP contribution in [0.5, 0.6) is 11.5 Å². The molecule has 0 bridgehead atoms. The molecule has 2 aromatic rings. The Morgan fingerprint density at radius 3 is 2.60 bits per heavy atom. The first-order chi connectivity index (χ1) is 16.9. The summed E-state index contributed by atoms with van der Waals surface area (Å²) in [6.45, 7) is 2.80. The van der Waals surface area contributed by atoms with Crippen molar-refractivity contribution < 1.29 is 28.6 Å². The molecule has 0 saturated carbocycles. The van der Waals surface area contributed by atoms with E-state index in [2.05, 4.69) is 5.32 Å². The van der Waals surface area contributed by atoms with Crippen molar-refractivity contribution in [2.24, 2.45) is 11.8 Å². The highest BCUT2D eigenvalue weighted by Crippen LogP contribution is 2.52. The van der Waals surface area contributed by atoms with Gasteiger partial charge < -0.3 is 14.2 Å². The number of ether oxygens (including phenoxy) is 3. The van der Waals surface area contributed by atoms with Gasteiger partial charge in [0.1, 0.15) is 18.8 Å². The third-order valence-electron chi connectivity index (χ3n) is 7.21. The molecule has 8 nitrogen and oxygen atoms in total. The van der Waals surface area contributed by atoms with Crippen LogP contribution in [0.2, 0.25) is 0 Å². The van der Waals surface area contributed by atoms with Crippen LogP contribution in [0.1, 0.15) is 23.6 Å². The molecule has 3 heterocycles. The second-order valence-corrected chi connectivity index (χ2v) is 10.0. The lowest BCUT2D eigenvalue weighted by atomic mass is 9.77. The minimum Gasteiger partial charge on any atom is -0.486 e. The van der Waals surface area contributed by atoms with E-state index in [9.17, 15) is 14.4 Å². The van der Waals surface area contributed by atoms with Crippen molar-refractivity contribution in [2.75, 3.05) is 37.2 Å². The number of benzene rings is 2. The predicted octanol–water partition coefficient (Wildman–Crippen LogP) is 2.88. The smallest absolute Gasteiger partial charge is 0.326 e. The Kier molecular flexibility index (Phi) is 6.23. The monoisotopic (exact) mass is 496 g/mol. The summed E-state index contributed by atoms with van der Waals surface area (Å²) in [5.74, 6) is -1.24. The molecule has 0 aliphatic carbocycles. The summed E-state index contributed by atoms with van der Waals surface area (Å²) in [6.07, 6.45) is 2.30. The zero-order valence-corrected chi connectivity index (χ0v) is 20.7. The number of hydrogen-bond donors (Lipinski definition) is 1. The molecule has 3 aliphatic rings. The van der Waals surface area contributed by atoms with Crippen molar-refractivity contribution in [1.29, 1.82) is 0 Å². The van der Waals surface area contributed by atoms with Crippen LogP contribution in [0.25, 0.3) is 0 Å². The quantitative estimate of drug-likeness (QED) is 0.482. The van der Waals surface area contributed by atoms with Crippen LogP contribution in [0.3, 0.4) is 0 Å². The standard InChI is InChI=1S/C26H28N2O6S/c1-15-6-4-5-7-17(15)22-20-21(26(27-22,10-13-35-3)25(31)32-2)24(30)28(23(20)29)16-8-9-18-19(14-16)34-12-11-33-18/h4-9,14,20-22,27H,10-13H2,1-3H3/t20-,21-,22-,26-/m1/s1. The molecule has 0 radical (unpaired) electrons. The van der Waals surface area contributed by atoms with Crippen LogP contribution >= 0.6 is 11.8 Å². The molecule has 3 aliphatic heterocycles. The number of nitrogens with one attached hydrogen (secondary N) is 1. The van der Waals surface area contributed by atoms with Gasteiger partial charge in [0.05, 0.1) is 24.6 Å². The number of fused-ring (bicyclic) bond motifs is 2. The molecule has 0 aromatic heterocycles. The Morgan fingerprint density at radius 1 is 1.14 bits per heavy atom. The number of nitrogens with zero attached hydrogens (tertiary/aromatic N) is 1. The highest BCUT2D eigenvalue weighted by atomic mass is 32.2. The highest BCUT2D eigenvalue weighted by Gasteiger charge is 2.68. The number of rotatable bonds is 6. The van der Waals surface area contributed by atoms with E-state index in [4.69, 9.17) is 14.2 Å². The predicted molar refractivity (Wildman–Crippen MR) is 132 cm³/mol. The number of amides is 2. The first-order valence-corrected chi connectivity index (χ1v) is 13.0. The number of imide groups is 1. The van der Waals surface area contributed by atoms with E-state index in [0.29, 0.717) is 42.6 Å². The van der Waals surface area contributed by atoms with Crippen LogP contribution < -0.4 is 19.7 Å². The summed E-state index contributed by atoms with van der Waals surface area (Å²) < 4.78 is 16.5.